The molecule has 7 nitrogen and oxygen atoms in total. The summed E-state index contributed by atoms with van der Waals surface area (Å²) in [7, 11) is 0. The van der Waals surface area contributed by atoms with Crippen molar-refractivity contribution in [1.29, 1.82) is 0 Å². The fourth-order valence-corrected chi connectivity index (χ4v) is 5.09. The first-order valence-corrected chi connectivity index (χ1v) is 10.6. The van der Waals surface area contributed by atoms with Gasteiger partial charge in [0.15, 0.2) is 0 Å². The predicted octanol–water partition coefficient (Wildman–Crippen LogP) is 1.69. The zero-order chi connectivity index (χ0) is 22.3. The molecule has 164 valence electrons. The average Bonchev–Trinajstić information content (AvgIpc) is 3.00. The van der Waals surface area contributed by atoms with E-state index >= 15 is 0 Å². The van der Waals surface area contributed by atoms with Gasteiger partial charge in [-0.05, 0) is 24.6 Å². The number of amides is 2. The highest BCUT2D eigenvalue weighted by atomic mass is 19.1. The van der Waals surface area contributed by atoms with Crippen LogP contribution in [0.4, 0.5) is 4.39 Å². The van der Waals surface area contributed by atoms with E-state index in [0.29, 0.717) is 12.2 Å². The number of carbonyl (C=O) groups excluding carboxylic acids is 2. The van der Waals surface area contributed by atoms with Crippen LogP contribution in [0, 0.1) is 17.7 Å². The van der Waals surface area contributed by atoms with Gasteiger partial charge in [-0.1, -0.05) is 25.1 Å². The van der Waals surface area contributed by atoms with Gasteiger partial charge in [0.05, 0.1) is 23.6 Å². The minimum absolute atomic E-state index is 0.148. The molecule has 1 aromatic heterocycles. The summed E-state index contributed by atoms with van der Waals surface area (Å²) in [5.74, 6) is -2.11. The maximum atomic E-state index is 14.3. The normalized spacial score (nSPS) is 24.1. The molecular weight excluding hydrogens is 401 g/mol. The van der Waals surface area contributed by atoms with Crippen molar-refractivity contribution in [2.75, 3.05) is 13.2 Å². The molecule has 4 atom stereocenters. The highest BCUT2D eigenvalue weighted by molar-refractivity contribution is 5.83. The SMILES string of the molecule is CCCNC(=O)[C@@H]1[C@@H](CO)[C@@H]2Cn3c(ccc(-c4ccccc4F)c3=O)[C@H]1N2C(C)=O. The maximum absolute atomic E-state index is 14.3. The van der Waals surface area contributed by atoms with Crippen LogP contribution in [0.25, 0.3) is 11.1 Å². The number of rotatable bonds is 5. The number of carbonyl (C=O) groups is 2. The highest BCUT2D eigenvalue weighted by Gasteiger charge is 2.56. The molecule has 0 spiro atoms. The number of benzene rings is 1. The summed E-state index contributed by atoms with van der Waals surface area (Å²) in [4.78, 5) is 40.5. The van der Waals surface area contributed by atoms with Gasteiger partial charge in [-0.2, -0.15) is 0 Å². The van der Waals surface area contributed by atoms with Crippen LogP contribution < -0.4 is 10.9 Å². The molecule has 2 aliphatic heterocycles. The lowest BCUT2D eigenvalue weighted by Gasteiger charge is -2.37. The summed E-state index contributed by atoms with van der Waals surface area (Å²) in [5.41, 5.74) is 0.599. The number of pyridine rings is 1. The number of aliphatic hydroxyl groups excluding tert-OH is 1. The Hall–Kier alpha value is -3.00. The van der Waals surface area contributed by atoms with Crippen LogP contribution in [0.3, 0.4) is 0 Å². The van der Waals surface area contributed by atoms with Crippen molar-refractivity contribution in [3.63, 3.8) is 0 Å². The Morgan fingerprint density at radius 3 is 2.58 bits per heavy atom. The first kappa shape index (κ1) is 21.2. The fraction of sp³-hybridized carbons (Fsp3) is 0.435. The molecule has 0 radical (unpaired) electrons. The predicted molar refractivity (Wildman–Crippen MR) is 113 cm³/mol. The molecule has 1 saturated heterocycles. The van der Waals surface area contributed by atoms with Gasteiger partial charge >= 0.3 is 0 Å². The third-order valence-corrected chi connectivity index (χ3v) is 6.42. The van der Waals surface area contributed by atoms with E-state index in [0.717, 1.165) is 6.42 Å². The Morgan fingerprint density at radius 2 is 1.94 bits per heavy atom. The molecule has 1 fully saturated rings. The molecule has 2 amide bonds. The summed E-state index contributed by atoms with van der Waals surface area (Å²) >= 11 is 0. The van der Waals surface area contributed by atoms with Crippen LogP contribution >= 0.6 is 0 Å². The number of aliphatic hydroxyl groups is 1. The second-order valence-corrected chi connectivity index (χ2v) is 8.17. The van der Waals surface area contributed by atoms with Crippen molar-refractivity contribution >= 4 is 11.8 Å². The number of aromatic nitrogens is 1. The quantitative estimate of drug-likeness (QED) is 0.760. The minimum Gasteiger partial charge on any atom is -0.396 e. The third kappa shape index (κ3) is 3.35. The molecule has 2 N–H and O–H groups in total. The second-order valence-electron chi connectivity index (χ2n) is 8.17. The lowest BCUT2D eigenvalue weighted by Crippen LogP contribution is -2.48. The maximum Gasteiger partial charge on any atom is 0.258 e. The number of nitrogens with zero attached hydrogens (tertiary/aromatic N) is 2. The zero-order valence-electron chi connectivity index (χ0n) is 17.5. The molecule has 8 heteroatoms. The molecule has 3 heterocycles. The fourth-order valence-electron chi connectivity index (χ4n) is 5.09. The van der Waals surface area contributed by atoms with Gasteiger partial charge in [-0.25, -0.2) is 4.39 Å². The zero-order valence-corrected chi connectivity index (χ0v) is 17.5. The standard InChI is InChI=1S/C23H26FN3O4/c1-3-10-25-22(30)20-16(12-28)19-11-26-18(21(20)27(19)13(2)29)9-8-15(23(26)31)14-6-4-5-7-17(14)24/h4-9,16,19-21,28H,3,10-12H2,1-2H3,(H,25,30)/t16-,19-,20+,21+/m0/s1. The second kappa shape index (κ2) is 8.26. The Labute approximate surface area is 179 Å². The molecule has 4 rings (SSSR count). The van der Waals surface area contributed by atoms with Gasteiger partial charge in [0.25, 0.3) is 5.56 Å². The summed E-state index contributed by atoms with van der Waals surface area (Å²) < 4.78 is 15.9. The summed E-state index contributed by atoms with van der Waals surface area (Å²) in [6.07, 6.45) is 0.759. The van der Waals surface area contributed by atoms with Crippen LogP contribution in [0.5, 0.6) is 0 Å². The number of hydrogen-bond acceptors (Lipinski definition) is 4. The number of halogens is 1. The molecule has 2 aliphatic rings. The van der Waals surface area contributed by atoms with E-state index in [9.17, 15) is 23.9 Å². The molecule has 31 heavy (non-hydrogen) atoms. The van der Waals surface area contributed by atoms with Gasteiger partial charge in [-0.15, -0.1) is 0 Å². The number of fused-ring (bicyclic) bond motifs is 4. The van der Waals surface area contributed by atoms with Crippen LogP contribution in [0.15, 0.2) is 41.2 Å². The van der Waals surface area contributed by atoms with Crippen molar-refractivity contribution in [1.82, 2.24) is 14.8 Å². The van der Waals surface area contributed by atoms with Crippen molar-refractivity contribution in [2.45, 2.75) is 38.9 Å². The van der Waals surface area contributed by atoms with E-state index in [1.165, 1.54) is 17.6 Å². The van der Waals surface area contributed by atoms with E-state index in [4.69, 9.17) is 0 Å². The summed E-state index contributed by atoms with van der Waals surface area (Å²) in [6, 6.07) is 8.17. The van der Waals surface area contributed by atoms with Crippen LogP contribution in [0.1, 0.15) is 32.0 Å². The number of nitrogens with one attached hydrogen (secondary N) is 1. The third-order valence-electron chi connectivity index (χ3n) is 6.42. The van der Waals surface area contributed by atoms with E-state index in [1.54, 1.807) is 35.2 Å². The molecule has 0 saturated carbocycles. The van der Waals surface area contributed by atoms with Crippen molar-refractivity contribution in [3.05, 3.63) is 58.3 Å². The Balaban J connectivity index is 1.86. The van der Waals surface area contributed by atoms with Gasteiger partial charge in [0, 0.05) is 43.8 Å². The van der Waals surface area contributed by atoms with Crippen LogP contribution in [-0.4, -0.2) is 45.6 Å². The summed E-state index contributed by atoms with van der Waals surface area (Å²) in [6.45, 7) is 3.73. The van der Waals surface area contributed by atoms with E-state index in [-0.39, 0.29) is 41.7 Å². The molecule has 2 bridgehead atoms. The monoisotopic (exact) mass is 427 g/mol. The topological polar surface area (TPSA) is 91.6 Å². The van der Waals surface area contributed by atoms with Crippen molar-refractivity contribution in [2.24, 2.45) is 11.8 Å². The van der Waals surface area contributed by atoms with Gasteiger partial charge < -0.3 is 19.9 Å². The Morgan fingerprint density at radius 1 is 1.19 bits per heavy atom. The van der Waals surface area contributed by atoms with Crippen molar-refractivity contribution < 1.29 is 19.1 Å². The molecule has 2 aromatic rings. The highest BCUT2D eigenvalue weighted by Crippen LogP contribution is 2.48. The molecule has 0 aliphatic carbocycles. The number of hydrogen-bond donors (Lipinski definition) is 2. The molecule has 0 unspecified atom stereocenters. The lowest BCUT2D eigenvalue weighted by molar-refractivity contribution is -0.134. The van der Waals surface area contributed by atoms with Gasteiger partial charge in [0.1, 0.15) is 5.82 Å². The average molecular weight is 427 g/mol. The van der Waals surface area contributed by atoms with E-state index in [2.05, 4.69) is 5.32 Å². The van der Waals surface area contributed by atoms with E-state index in [1.807, 2.05) is 6.92 Å². The van der Waals surface area contributed by atoms with Gasteiger partial charge in [-0.3, -0.25) is 14.4 Å². The Bertz CT molecular complexity index is 1080. The van der Waals surface area contributed by atoms with Crippen LogP contribution in [-0.2, 0) is 16.1 Å². The molecular formula is C23H26FN3O4. The first-order valence-electron chi connectivity index (χ1n) is 10.6. The lowest BCUT2D eigenvalue weighted by atomic mass is 9.86. The van der Waals surface area contributed by atoms with Crippen molar-refractivity contribution in [3.8, 4) is 11.1 Å². The smallest absolute Gasteiger partial charge is 0.258 e. The first-order chi connectivity index (χ1) is 14.9. The van der Waals surface area contributed by atoms with Gasteiger partial charge in [0.2, 0.25) is 11.8 Å². The Kier molecular flexibility index (Phi) is 5.66. The minimum atomic E-state index is -0.669. The molecule has 1 aromatic carbocycles. The van der Waals surface area contributed by atoms with E-state index < -0.39 is 29.7 Å². The van der Waals surface area contributed by atoms with Crippen LogP contribution in [0.2, 0.25) is 0 Å². The summed E-state index contributed by atoms with van der Waals surface area (Å²) in [5, 5.41) is 13.0. The largest absolute Gasteiger partial charge is 0.396 e.